The van der Waals surface area contributed by atoms with Gasteiger partial charge in [0.25, 0.3) is 5.56 Å². The van der Waals surface area contributed by atoms with Crippen molar-refractivity contribution in [2.45, 2.75) is 38.3 Å². The Morgan fingerprint density at radius 2 is 2.14 bits per heavy atom. The first kappa shape index (κ1) is 8.17. The summed E-state index contributed by atoms with van der Waals surface area (Å²) in [5, 5.41) is 3.15. The Hall–Kier alpha value is -1.16. The predicted octanol–water partition coefficient (Wildman–Crippen LogP) is 0.641. The topological polar surface area (TPSA) is 57.8 Å². The second-order valence-corrected chi connectivity index (χ2v) is 4.11. The minimum atomic E-state index is 0.0573. The van der Waals surface area contributed by atoms with E-state index in [4.69, 9.17) is 0 Å². The summed E-state index contributed by atoms with van der Waals surface area (Å²) in [6.45, 7) is 1.42. The largest absolute Gasteiger partial charge is 0.310 e. The van der Waals surface area contributed by atoms with Gasteiger partial charge < -0.3 is 10.3 Å². The maximum Gasteiger partial charge on any atom is 0.255 e. The van der Waals surface area contributed by atoms with Crippen molar-refractivity contribution in [3.05, 3.63) is 27.4 Å². The highest BCUT2D eigenvalue weighted by molar-refractivity contribution is 5.22. The fraction of sp³-hybridized carbons (Fsp3) is 0.600. The Kier molecular flexibility index (Phi) is 1.70. The Bertz CT molecular complexity index is 420. The third-order valence-electron chi connectivity index (χ3n) is 3.21. The summed E-state index contributed by atoms with van der Waals surface area (Å²) >= 11 is 0. The highest BCUT2D eigenvalue weighted by atomic mass is 16.1. The molecule has 1 aromatic rings. The molecule has 1 saturated carbocycles. The number of hydrogen-bond donors (Lipinski definition) is 2. The number of fused-ring (bicyclic) bond motifs is 1. The molecule has 14 heavy (non-hydrogen) atoms. The van der Waals surface area contributed by atoms with Crippen molar-refractivity contribution in [3.8, 4) is 0 Å². The SMILES string of the molecule is O=c1[nH]c(C2CCC2)nc2c1CNC2. The van der Waals surface area contributed by atoms with Gasteiger partial charge in [-0.3, -0.25) is 4.79 Å². The molecule has 0 spiro atoms. The highest BCUT2D eigenvalue weighted by Gasteiger charge is 2.24. The van der Waals surface area contributed by atoms with Crippen LogP contribution >= 0.6 is 0 Å². The smallest absolute Gasteiger partial charge is 0.255 e. The van der Waals surface area contributed by atoms with Crippen LogP contribution < -0.4 is 10.9 Å². The molecule has 2 aliphatic rings. The molecule has 0 radical (unpaired) electrons. The van der Waals surface area contributed by atoms with Crippen LogP contribution in [0.4, 0.5) is 0 Å². The molecule has 0 unspecified atom stereocenters. The molecule has 0 bridgehead atoms. The molecule has 2 N–H and O–H groups in total. The Morgan fingerprint density at radius 3 is 2.86 bits per heavy atom. The lowest BCUT2D eigenvalue weighted by molar-refractivity contribution is 0.399. The first-order valence-electron chi connectivity index (χ1n) is 5.17. The highest BCUT2D eigenvalue weighted by Crippen LogP contribution is 2.34. The van der Waals surface area contributed by atoms with Crippen LogP contribution in [0.3, 0.4) is 0 Å². The lowest BCUT2D eigenvalue weighted by atomic mass is 9.85. The van der Waals surface area contributed by atoms with Crippen LogP contribution in [-0.2, 0) is 13.1 Å². The quantitative estimate of drug-likeness (QED) is 0.685. The van der Waals surface area contributed by atoms with E-state index in [9.17, 15) is 4.79 Å². The van der Waals surface area contributed by atoms with E-state index in [1.165, 1.54) is 19.3 Å². The zero-order chi connectivity index (χ0) is 9.54. The van der Waals surface area contributed by atoms with Crippen molar-refractivity contribution >= 4 is 0 Å². The predicted molar refractivity (Wildman–Crippen MR) is 52.0 cm³/mol. The second-order valence-electron chi connectivity index (χ2n) is 4.11. The summed E-state index contributed by atoms with van der Waals surface area (Å²) in [5.74, 6) is 1.41. The number of rotatable bonds is 1. The first-order chi connectivity index (χ1) is 6.84. The van der Waals surface area contributed by atoms with E-state index in [0.29, 0.717) is 12.5 Å². The molecule has 4 nitrogen and oxygen atoms in total. The molecule has 1 aliphatic heterocycles. The third-order valence-corrected chi connectivity index (χ3v) is 3.21. The second kappa shape index (κ2) is 2.92. The van der Waals surface area contributed by atoms with Gasteiger partial charge in [0.15, 0.2) is 0 Å². The Labute approximate surface area is 81.8 Å². The van der Waals surface area contributed by atoms with Crippen LogP contribution in [0.5, 0.6) is 0 Å². The summed E-state index contributed by atoms with van der Waals surface area (Å²) in [6.07, 6.45) is 3.62. The molecule has 74 valence electrons. The van der Waals surface area contributed by atoms with E-state index < -0.39 is 0 Å². The summed E-state index contributed by atoms with van der Waals surface area (Å²) in [5.41, 5.74) is 1.84. The minimum absolute atomic E-state index is 0.0573. The van der Waals surface area contributed by atoms with Crippen LogP contribution in [0, 0.1) is 0 Å². The molecule has 1 aliphatic carbocycles. The van der Waals surface area contributed by atoms with Gasteiger partial charge in [0.2, 0.25) is 0 Å². The summed E-state index contributed by atoms with van der Waals surface area (Å²) in [7, 11) is 0. The maximum absolute atomic E-state index is 11.6. The van der Waals surface area contributed by atoms with E-state index in [0.717, 1.165) is 23.6 Å². The van der Waals surface area contributed by atoms with Crippen LogP contribution in [0.15, 0.2) is 4.79 Å². The first-order valence-corrected chi connectivity index (χ1v) is 5.17. The maximum atomic E-state index is 11.6. The van der Waals surface area contributed by atoms with Gasteiger partial charge in [0.05, 0.1) is 11.3 Å². The number of nitrogens with one attached hydrogen (secondary N) is 2. The molecule has 3 rings (SSSR count). The van der Waals surface area contributed by atoms with E-state index in [1.54, 1.807) is 0 Å². The van der Waals surface area contributed by atoms with Crippen LogP contribution in [0.25, 0.3) is 0 Å². The Balaban J connectivity index is 2.07. The van der Waals surface area contributed by atoms with E-state index in [2.05, 4.69) is 15.3 Å². The molecule has 0 amide bonds. The van der Waals surface area contributed by atoms with Gasteiger partial charge in [-0.2, -0.15) is 0 Å². The lowest BCUT2D eigenvalue weighted by Gasteiger charge is -2.24. The summed E-state index contributed by atoms with van der Waals surface area (Å²) in [4.78, 5) is 19.1. The summed E-state index contributed by atoms with van der Waals surface area (Å²) in [6, 6.07) is 0. The number of aromatic amines is 1. The van der Waals surface area contributed by atoms with Crippen LogP contribution in [-0.4, -0.2) is 9.97 Å². The van der Waals surface area contributed by atoms with Crippen LogP contribution in [0.1, 0.15) is 42.3 Å². The van der Waals surface area contributed by atoms with Gasteiger partial charge in [-0.15, -0.1) is 0 Å². The van der Waals surface area contributed by atoms with Crippen molar-refractivity contribution in [3.63, 3.8) is 0 Å². The molecule has 1 aromatic heterocycles. The van der Waals surface area contributed by atoms with Crippen LogP contribution in [0.2, 0.25) is 0 Å². The van der Waals surface area contributed by atoms with Gasteiger partial charge in [-0.1, -0.05) is 6.42 Å². The van der Waals surface area contributed by atoms with Crippen molar-refractivity contribution in [1.29, 1.82) is 0 Å². The van der Waals surface area contributed by atoms with Crippen molar-refractivity contribution in [2.75, 3.05) is 0 Å². The molecule has 4 heteroatoms. The fourth-order valence-corrected chi connectivity index (χ4v) is 2.07. The van der Waals surface area contributed by atoms with Gasteiger partial charge in [0, 0.05) is 19.0 Å². The standard InChI is InChI=1S/C10H13N3O/c14-10-7-4-11-5-8(7)12-9(13-10)6-2-1-3-6/h6,11H,1-5H2,(H,12,13,14). The van der Waals surface area contributed by atoms with Crippen molar-refractivity contribution in [2.24, 2.45) is 0 Å². The molecule has 2 heterocycles. The lowest BCUT2D eigenvalue weighted by Crippen LogP contribution is -2.22. The van der Waals surface area contributed by atoms with Gasteiger partial charge in [-0.25, -0.2) is 4.98 Å². The van der Waals surface area contributed by atoms with Gasteiger partial charge in [-0.05, 0) is 12.8 Å². The summed E-state index contributed by atoms with van der Waals surface area (Å²) < 4.78 is 0. The van der Waals surface area contributed by atoms with Gasteiger partial charge >= 0.3 is 0 Å². The normalized spacial score (nSPS) is 20.6. The number of hydrogen-bond acceptors (Lipinski definition) is 3. The fourth-order valence-electron chi connectivity index (χ4n) is 2.07. The van der Waals surface area contributed by atoms with E-state index >= 15 is 0 Å². The number of nitrogens with zero attached hydrogens (tertiary/aromatic N) is 1. The molecular formula is C10H13N3O. The van der Waals surface area contributed by atoms with Crippen molar-refractivity contribution < 1.29 is 0 Å². The van der Waals surface area contributed by atoms with Crippen molar-refractivity contribution in [1.82, 2.24) is 15.3 Å². The zero-order valence-electron chi connectivity index (χ0n) is 7.97. The van der Waals surface area contributed by atoms with E-state index in [1.807, 2.05) is 0 Å². The third kappa shape index (κ3) is 1.10. The average Bonchev–Trinajstić information content (AvgIpc) is 2.48. The molecule has 1 fully saturated rings. The van der Waals surface area contributed by atoms with E-state index in [-0.39, 0.29) is 5.56 Å². The monoisotopic (exact) mass is 191 g/mol. The number of H-pyrrole nitrogens is 1. The minimum Gasteiger partial charge on any atom is -0.310 e. The molecule has 0 atom stereocenters. The molecule has 0 saturated heterocycles. The van der Waals surface area contributed by atoms with Gasteiger partial charge in [0.1, 0.15) is 5.82 Å². The molecular weight excluding hydrogens is 178 g/mol. The number of aromatic nitrogens is 2. The zero-order valence-corrected chi connectivity index (χ0v) is 7.97. The Morgan fingerprint density at radius 1 is 1.29 bits per heavy atom. The molecule has 0 aromatic carbocycles. The average molecular weight is 191 g/mol.